The highest BCUT2D eigenvalue weighted by atomic mass is 35.5. The number of thiophene rings is 1. The Morgan fingerprint density at radius 3 is 2.48 bits per heavy atom. The molecule has 1 fully saturated rings. The quantitative estimate of drug-likeness (QED) is 0.751. The predicted octanol–water partition coefficient (Wildman–Crippen LogP) is 3.96. The number of hydrogen-bond acceptors (Lipinski definition) is 5. The standard InChI is InChI=1S/C20H24ClNO4S/c1-24-15-5-3-14(4-6-15)20(9-11-26-12-10-20)19(23)22-13-16(25-2)17-7-8-18(21)27-17/h3-8,16H,9-13H2,1-2H3,(H,22,23). The summed E-state index contributed by atoms with van der Waals surface area (Å²) in [7, 11) is 3.27. The van der Waals surface area contributed by atoms with Gasteiger partial charge in [0, 0.05) is 31.7 Å². The molecule has 2 heterocycles. The molecule has 0 aliphatic carbocycles. The summed E-state index contributed by atoms with van der Waals surface area (Å²) in [5.41, 5.74) is 0.382. The van der Waals surface area contributed by atoms with Gasteiger partial charge in [0.25, 0.3) is 0 Å². The van der Waals surface area contributed by atoms with E-state index in [2.05, 4.69) is 5.32 Å². The third-order valence-electron chi connectivity index (χ3n) is 5.07. The molecule has 0 spiro atoms. The number of amides is 1. The first-order chi connectivity index (χ1) is 13.1. The molecule has 1 amide bonds. The van der Waals surface area contributed by atoms with Crippen LogP contribution in [-0.4, -0.2) is 39.9 Å². The monoisotopic (exact) mass is 409 g/mol. The highest BCUT2D eigenvalue weighted by Crippen LogP contribution is 2.36. The van der Waals surface area contributed by atoms with Gasteiger partial charge >= 0.3 is 0 Å². The minimum absolute atomic E-state index is 0.000620. The Labute approximate surface area is 168 Å². The molecule has 7 heteroatoms. The average molecular weight is 410 g/mol. The summed E-state index contributed by atoms with van der Waals surface area (Å²) in [4.78, 5) is 14.2. The van der Waals surface area contributed by atoms with Gasteiger partial charge in [0.1, 0.15) is 11.9 Å². The van der Waals surface area contributed by atoms with Gasteiger partial charge in [-0.1, -0.05) is 23.7 Å². The lowest BCUT2D eigenvalue weighted by Gasteiger charge is -2.36. The van der Waals surface area contributed by atoms with E-state index in [1.165, 1.54) is 11.3 Å². The Balaban J connectivity index is 1.76. The topological polar surface area (TPSA) is 56.8 Å². The van der Waals surface area contributed by atoms with Gasteiger partial charge in [-0.2, -0.15) is 0 Å². The minimum atomic E-state index is -0.601. The molecule has 0 bridgehead atoms. The summed E-state index contributed by atoms with van der Waals surface area (Å²) in [5, 5.41) is 3.09. The molecule has 2 aromatic rings. The molecule has 1 aliphatic heterocycles. The third-order valence-corrected chi connectivity index (χ3v) is 6.39. The molecular weight excluding hydrogens is 386 g/mol. The zero-order valence-electron chi connectivity index (χ0n) is 15.5. The van der Waals surface area contributed by atoms with Gasteiger partial charge in [0.2, 0.25) is 5.91 Å². The van der Waals surface area contributed by atoms with Crippen LogP contribution in [-0.2, 0) is 19.7 Å². The largest absolute Gasteiger partial charge is 0.497 e. The van der Waals surface area contributed by atoms with Crippen LogP contribution in [0.2, 0.25) is 4.34 Å². The summed E-state index contributed by atoms with van der Waals surface area (Å²) in [6.45, 7) is 1.52. The van der Waals surface area contributed by atoms with Crippen molar-refractivity contribution < 1.29 is 19.0 Å². The normalized spacial score (nSPS) is 17.3. The lowest BCUT2D eigenvalue weighted by atomic mass is 9.73. The molecule has 146 valence electrons. The molecular formula is C20H24ClNO4S. The number of methoxy groups -OCH3 is 2. The van der Waals surface area contributed by atoms with E-state index in [-0.39, 0.29) is 12.0 Å². The van der Waals surface area contributed by atoms with Crippen LogP contribution in [0.3, 0.4) is 0 Å². The summed E-state index contributed by atoms with van der Waals surface area (Å²) < 4.78 is 17.0. The van der Waals surface area contributed by atoms with Crippen LogP contribution in [0, 0.1) is 0 Å². The Bertz CT molecular complexity index is 756. The van der Waals surface area contributed by atoms with Crippen molar-refractivity contribution in [2.75, 3.05) is 34.0 Å². The van der Waals surface area contributed by atoms with Crippen LogP contribution in [0.4, 0.5) is 0 Å². The number of halogens is 1. The number of nitrogens with one attached hydrogen (secondary N) is 1. The van der Waals surface area contributed by atoms with Crippen molar-refractivity contribution in [3.05, 3.63) is 51.2 Å². The maximum absolute atomic E-state index is 13.3. The van der Waals surface area contributed by atoms with Crippen LogP contribution in [0.15, 0.2) is 36.4 Å². The number of carbonyl (C=O) groups is 1. The van der Waals surface area contributed by atoms with Crippen molar-refractivity contribution in [3.63, 3.8) is 0 Å². The predicted molar refractivity (Wildman–Crippen MR) is 107 cm³/mol. The van der Waals surface area contributed by atoms with E-state index in [9.17, 15) is 4.79 Å². The minimum Gasteiger partial charge on any atom is -0.497 e. The number of ether oxygens (including phenoxy) is 3. The van der Waals surface area contributed by atoms with Crippen LogP contribution in [0.25, 0.3) is 0 Å². The molecule has 5 nitrogen and oxygen atoms in total. The second kappa shape index (κ2) is 9.06. The summed E-state index contributed by atoms with van der Waals surface area (Å²) in [6.07, 6.45) is 1.07. The van der Waals surface area contributed by atoms with E-state index in [1.807, 2.05) is 36.4 Å². The molecule has 1 aromatic heterocycles. The van der Waals surface area contributed by atoms with Crippen molar-refractivity contribution in [1.29, 1.82) is 0 Å². The van der Waals surface area contributed by atoms with Crippen LogP contribution in [0.1, 0.15) is 29.4 Å². The lowest BCUT2D eigenvalue weighted by molar-refractivity contribution is -0.131. The van der Waals surface area contributed by atoms with Crippen molar-refractivity contribution in [2.45, 2.75) is 24.4 Å². The van der Waals surface area contributed by atoms with Gasteiger partial charge < -0.3 is 19.5 Å². The summed E-state index contributed by atoms with van der Waals surface area (Å²) >= 11 is 7.49. The maximum Gasteiger partial charge on any atom is 0.230 e. The number of benzene rings is 1. The van der Waals surface area contributed by atoms with Gasteiger partial charge in [-0.25, -0.2) is 0 Å². The van der Waals surface area contributed by atoms with E-state index >= 15 is 0 Å². The van der Waals surface area contributed by atoms with Crippen LogP contribution in [0.5, 0.6) is 5.75 Å². The lowest BCUT2D eigenvalue weighted by Crippen LogP contribution is -2.49. The van der Waals surface area contributed by atoms with E-state index in [0.717, 1.165) is 16.2 Å². The zero-order valence-corrected chi connectivity index (χ0v) is 17.1. The molecule has 1 atom stereocenters. The fraction of sp³-hybridized carbons (Fsp3) is 0.450. The zero-order chi connectivity index (χ0) is 19.3. The smallest absolute Gasteiger partial charge is 0.230 e. The van der Waals surface area contributed by atoms with Gasteiger partial charge in [-0.15, -0.1) is 11.3 Å². The molecule has 1 saturated heterocycles. The SMILES string of the molecule is COc1ccc(C2(C(=O)NCC(OC)c3ccc(Cl)s3)CCOCC2)cc1. The van der Waals surface area contributed by atoms with Crippen LogP contribution < -0.4 is 10.1 Å². The molecule has 0 saturated carbocycles. The summed E-state index contributed by atoms with van der Waals surface area (Å²) in [6, 6.07) is 11.5. The number of carbonyl (C=O) groups excluding carboxylic acids is 1. The van der Waals surface area contributed by atoms with Crippen molar-refractivity contribution in [1.82, 2.24) is 5.32 Å². The van der Waals surface area contributed by atoms with Gasteiger partial charge in [0.05, 0.1) is 16.9 Å². The van der Waals surface area contributed by atoms with E-state index in [1.54, 1.807) is 14.2 Å². The number of rotatable bonds is 7. The Hall–Kier alpha value is -1.60. The second-order valence-corrected chi connectivity index (χ2v) is 8.25. The van der Waals surface area contributed by atoms with E-state index in [4.69, 9.17) is 25.8 Å². The molecule has 0 radical (unpaired) electrons. The molecule has 1 N–H and O–H groups in total. The second-order valence-electron chi connectivity index (χ2n) is 6.50. The first kappa shape index (κ1) is 20.1. The first-order valence-corrected chi connectivity index (χ1v) is 10.1. The van der Waals surface area contributed by atoms with Crippen LogP contribution >= 0.6 is 22.9 Å². The van der Waals surface area contributed by atoms with E-state index < -0.39 is 5.41 Å². The Kier molecular flexibility index (Phi) is 6.76. The molecule has 3 rings (SSSR count). The summed E-state index contributed by atoms with van der Waals surface area (Å²) in [5.74, 6) is 0.774. The number of hydrogen-bond donors (Lipinski definition) is 1. The highest BCUT2D eigenvalue weighted by molar-refractivity contribution is 7.16. The van der Waals surface area contributed by atoms with Crippen molar-refractivity contribution in [2.24, 2.45) is 0 Å². The van der Waals surface area contributed by atoms with Crippen molar-refractivity contribution in [3.8, 4) is 5.75 Å². The van der Waals surface area contributed by atoms with Crippen molar-refractivity contribution >= 4 is 28.8 Å². The van der Waals surface area contributed by atoms with Gasteiger partial charge in [0.15, 0.2) is 0 Å². The Morgan fingerprint density at radius 1 is 1.22 bits per heavy atom. The highest BCUT2D eigenvalue weighted by Gasteiger charge is 2.41. The fourth-order valence-electron chi connectivity index (χ4n) is 3.43. The molecule has 27 heavy (non-hydrogen) atoms. The molecule has 1 aliphatic rings. The van der Waals surface area contributed by atoms with Gasteiger partial charge in [-0.3, -0.25) is 4.79 Å². The maximum atomic E-state index is 13.3. The molecule has 1 unspecified atom stereocenters. The average Bonchev–Trinajstić information content (AvgIpc) is 3.15. The third kappa shape index (κ3) is 4.46. The van der Waals surface area contributed by atoms with E-state index in [0.29, 0.717) is 36.9 Å². The Morgan fingerprint density at radius 2 is 1.93 bits per heavy atom. The fourth-order valence-corrected chi connectivity index (χ4v) is 4.57. The van der Waals surface area contributed by atoms with Gasteiger partial charge in [-0.05, 0) is 42.7 Å². The first-order valence-electron chi connectivity index (χ1n) is 8.87. The molecule has 1 aromatic carbocycles.